The monoisotopic (exact) mass is 433 g/mol. The van der Waals surface area contributed by atoms with Crippen LogP contribution >= 0.6 is 0 Å². The number of hydrogen-bond donors (Lipinski definition) is 3. The minimum Gasteiger partial charge on any atom is -0.474 e. The average molecular weight is 433 g/mol. The van der Waals surface area contributed by atoms with E-state index >= 15 is 0 Å². The Bertz CT molecular complexity index is 1310. The van der Waals surface area contributed by atoms with Gasteiger partial charge in [-0.1, -0.05) is 0 Å². The van der Waals surface area contributed by atoms with Crippen molar-refractivity contribution in [2.45, 2.75) is 13.0 Å². The van der Waals surface area contributed by atoms with Crippen LogP contribution in [0, 0.1) is 18.7 Å². The minimum atomic E-state index is -0.555. The minimum absolute atomic E-state index is 0.158. The van der Waals surface area contributed by atoms with Crippen molar-refractivity contribution >= 4 is 28.4 Å². The van der Waals surface area contributed by atoms with E-state index in [4.69, 9.17) is 9.47 Å². The molecule has 4 heterocycles. The van der Waals surface area contributed by atoms with E-state index < -0.39 is 6.09 Å². The third-order valence-corrected chi connectivity index (χ3v) is 6.13. The predicted octanol–water partition coefficient (Wildman–Crippen LogP) is 3.58. The summed E-state index contributed by atoms with van der Waals surface area (Å²) in [5.41, 5.74) is 3.85. The molecule has 2 aromatic heterocycles. The lowest BCUT2D eigenvalue weighted by molar-refractivity contribution is 0.150. The number of fused-ring (bicyclic) bond motifs is 3. The second kappa shape index (κ2) is 7.08. The van der Waals surface area contributed by atoms with Gasteiger partial charge in [0.05, 0.1) is 0 Å². The second-order valence-corrected chi connectivity index (χ2v) is 8.11. The number of nitrogens with zero attached hydrogens (tertiary/aromatic N) is 2. The lowest BCUT2D eigenvalue weighted by Crippen LogP contribution is -2.20. The number of anilines is 2. The number of ether oxygens (including phenoxy) is 2. The van der Waals surface area contributed by atoms with Crippen LogP contribution in [-0.4, -0.2) is 41.9 Å². The molecule has 3 N–H and O–H groups in total. The Morgan fingerprint density at radius 3 is 2.97 bits per heavy atom. The SMILES string of the molecule is Cc1c(-c2cc3cc(NC(=O)O[C@H]4C5=CNC[C@@H]54)ncc3cc2F)cnc2c1NCCO2. The molecule has 1 amide bonds. The third-order valence-electron chi connectivity index (χ3n) is 6.13. The van der Waals surface area contributed by atoms with Crippen molar-refractivity contribution in [2.75, 3.05) is 30.3 Å². The molecule has 6 rings (SSSR count). The molecule has 2 aliphatic heterocycles. The average Bonchev–Trinajstić information content (AvgIpc) is 3.19. The van der Waals surface area contributed by atoms with E-state index in [0.29, 0.717) is 41.4 Å². The Labute approximate surface area is 182 Å². The van der Waals surface area contributed by atoms with Crippen molar-refractivity contribution < 1.29 is 18.7 Å². The second-order valence-electron chi connectivity index (χ2n) is 8.11. The van der Waals surface area contributed by atoms with Gasteiger partial charge in [0.15, 0.2) is 0 Å². The number of rotatable bonds is 3. The maximum Gasteiger partial charge on any atom is 0.413 e. The summed E-state index contributed by atoms with van der Waals surface area (Å²) in [4.78, 5) is 20.8. The van der Waals surface area contributed by atoms with E-state index in [-0.39, 0.29) is 17.8 Å². The van der Waals surface area contributed by atoms with E-state index in [1.54, 1.807) is 18.3 Å². The van der Waals surface area contributed by atoms with Gasteiger partial charge in [0.2, 0.25) is 5.88 Å². The summed E-state index contributed by atoms with van der Waals surface area (Å²) in [6.45, 7) is 3.93. The Morgan fingerprint density at radius 1 is 1.22 bits per heavy atom. The van der Waals surface area contributed by atoms with Crippen molar-refractivity contribution in [3.8, 4) is 17.0 Å². The van der Waals surface area contributed by atoms with Crippen LogP contribution in [0.15, 0.2) is 42.4 Å². The van der Waals surface area contributed by atoms with Gasteiger partial charge in [-0.3, -0.25) is 5.32 Å². The van der Waals surface area contributed by atoms with E-state index in [0.717, 1.165) is 28.8 Å². The zero-order valence-electron chi connectivity index (χ0n) is 17.2. The fraction of sp³-hybridized carbons (Fsp3) is 0.261. The van der Waals surface area contributed by atoms with Gasteiger partial charge in [0.25, 0.3) is 0 Å². The molecule has 0 saturated heterocycles. The van der Waals surface area contributed by atoms with E-state index in [1.165, 1.54) is 12.3 Å². The maximum atomic E-state index is 15.0. The number of amides is 1. The Kier molecular flexibility index (Phi) is 4.17. The van der Waals surface area contributed by atoms with Gasteiger partial charge in [-0.2, -0.15) is 0 Å². The maximum absolute atomic E-state index is 15.0. The molecule has 0 unspecified atom stereocenters. The van der Waals surface area contributed by atoms with Gasteiger partial charge in [0.1, 0.15) is 30.0 Å². The molecule has 2 atom stereocenters. The third kappa shape index (κ3) is 3.08. The van der Waals surface area contributed by atoms with Crippen LogP contribution in [0.2, 0.25) is 0 Å². The molecule has 0 spiro atoms. The number of benzene rings is 1. The van der Waals surface area contributed by atoms with Crippen LogP contribution < -0.4 is 20.7 Å². The molecule has 9 heteroatoms. The summed E-state index contributed by atoms with van der Waals surface area (Å²) in [5, 5.41) is 10.4. The first-order valence-electron chi connectivity index (χ1n) is 10.5. The van der Waals surface area contributed by atoms with Gasteiger partial charge < -0.3 is 20.1 Å². The zero-order chi connectivity index (χ0) is 21.8. The molecule has 3 aromatic rings. The molecule has 0 radical (unpaired) electrons. The van der Waals surface area contributed by atoms with Crippen molar-refractivity contribution in [3.05, 3.63) is 53.7 Å². The molecule has 1 saturated carbocycles. The van der Waals surface area contributed by atoms with Crippen LogP contribution in [0.25, 0.3) is 21.9 Å². The highest BCUT2D eigenvalue weighted by atomic mass is 19.1. The number of nitrogens with one attached hydrogen (secondary N) is 3. The van der Waals surface area contributed by atoms with E-state index in [9.17, 15) is 9.18 Å². The molecular formula is C23H20FN5O3. The van der Waals surface area contributed by atoms with Gasteiger partial charge in [-0.25, -0.2) is 19.2 Å². The topological polar surface area (TPSA) is 97.4 Å². The zero-order valence-corrected chi connectivity index (χ0v) is 17.2. The van der Waals surface area contributed by atoms with Crippen LogP contribution in [0.4, 0.5) is 20.7 Å². The number of pyridine rings is 2. The van der Waals surface area contributed by atoms with Crippen LogP contribution in [0.3, 0.4) is 0 Å². The van der Waals surface area contributed by atoms with Crippen molar-refractivity contribution in [1.82, 2.24) is 15.3 Å². The quantitative estimate of drug-likeness (QED) is 0.581. The fourth-order valence-electron chi connectivity index (χ4n) is 4.36. The van der Waals surface area contributed by atoms with Crippen molar-refractivity contribution in [1.29, 1.82) is 0 Å². The molecule has 3 aliphatic rings. The standard InChI is InChI=1S/C23H20FN5O3/c1-11-15(10-28-22-20(11)26-2-3-31-22)14-4-12-6-19(27-7-13(12)5-18(14)24)29-23(30)32-21-16-8-25-9-17(16)21/h4-8,10,17,21,25-26H,2-3,9H2,1H3,(H,27,29,30)/t17-,21-/m0/s1. The molecule has 32 heavy (non-hydrogen) atoms. The summed E-state index contributed by atoms with van der Waals surface area (Å²) in [6.07, 6.45) is 4.34. The highest BCUT2D eigenvalue weighted by Gasteiger charge is 2.50. The lowest BCUT2D eigenvalue weighted by Gasteiger charge is -2.21. The highest BCUT2D eigenvalue weighted by Crippen LogP contribution is 2.43. The van der Waals surface area contributed by atoms with Crippen LogP contribution in [0.1, 0.15) is 5.56 Å². The molecule has 8 nitrogen and oxygen atoms in total. The molecule has 0 bridgehead atoms. The molecule has 162 valence electrons. The first kappa shape index (κ1) is 18.9. The van der Waals surface area contributed by atoms with E-state index in [2.05, 4.69) is 25.9 Å². The fourth-order valence-corrected chi connectivity index (χ4v) is 4.36. The van der Waals surface area contributed by atoms with Gasteiger partial charge in [0, 0.05) is 47.9 Å². The molecule has 1 aliphatic carbocycles. The number of carbonyl (C=O) groups excluding carboxylic acids is 1. The predicted molar refractivity (Wildman–Crippen MR) is 117 cm³/mol. The summed E-state index contributed by atoms with van der Waals surface area (Å²) < 4.78 is 26.0. The number of carbonyl (C=O) groups is 1. The van der Waals surface area contributed by atoms with Crippen molar-refractivity contribution in [3.63, 3.8) is 0 Å². The normalized spacial score (nSPS) is 20.2. The summed E-state index contributed by atoms with van der Waals surface area (Å²) in [7, 11) is 0. The van der Waals surface area contributed by atoms with Crippen molar-refractivity contribution in [2.24, 2.45) is 5.92 Å². The summed E-state index contributed by atoms with van der Waals surface area (Å²) in [5.74, 6) is 0.778. The smallest absolute Gasteiger partial charge is 0.413 e. The Balaban J connectivity index is 1.29. The molecular weight excluding hydrogens is 413 g/mol. The Hall–Kier alpha value is -3.88. The summed E-state index contributed by atoms with van der Waals surface area (Å²) in [6, 6.07) is 4.88. The lowest BCUT2D eigenvalue weighted by atomic mass is 9.98. The number of aromatic nitrogens is 2. The highest BCUT2D eigenvalue weighted by molar-refractivity contribution is 5.92. The Morgan fingerprint density at radius 2 is 2.12 bits per heavy atom. The molecule has 1 aromatic carbocycles. The van der Waals surface area contributed by atoms with Gasteiger partial charge in [-0.15, -0.1) is 0 Å². The van der Waals surface area contributed by atoms with Crippen LogP contribution in [-0.2, 0) is 4.74 Å². The van der Waals surface area contributed by atoms with Gasteiger partial charge >= 0.3 is 6.09 Å². The van der Waals surface area contributed by atoms with Gasteiger partial charge in [-0.05, 0) is 47.8 Å². The molecule has 1 fully saturated rings. The number of hydrogen-bond acceptors (Lipinski definition) is 7. The first-order chi connectivity index (χ1) is 15.6. The van der Waals surface area contributed by atoms with Crippen LogP contribution in [0.5, 0.6) is 5.88 Å². The largest absolute Gasteiger partial charge is 0.474 e. The van der Waals surface area contributed by atoms with E-state index in [1.807, 2.05) is 13.1 Å². The summed E-state index contributed by atoms with van der Waals surface area (Å²) >= 11 is 0. The number of halogens is 1. The first-order valence-corrected chi connectivity index (χ1v) is 10.5.